The summed E-state index contributed by atoms with van der Waals surface area (Å²) in [5.74, 6) is 0.735. The summed E-state index contributed by atoms with van der Waals surface area (Å²) < 4.78 is 45.9. The quantitative estimate of drug-likeness (QED) is 0.681. The van der Waals surface area contributed by atoms with Crippen molar-refractivity contribution in [3.8, 4) is 11.5 Å². The van der Waals surface area contributed by atoms with E-state index in [1.54, 1.807) is 11.0 Å². The van der Waals surface area contributed by atoms with Crippen LogP contribution in [0.25, 0.3) is 0 Å². The van der Waals surface area contributed by atoms with Gasteiger partial charge in [0.05, 0.1) is 17.1 Å². The third-order valence-corrected chi connectivity index (χ3v) is 8.19. The van der Waals surface area contributed by atoms with Crippen LogP contribution in [0.2, 0.25) is 0 Å². The van der Waals surface area contributed by atoms with Gasteiger partial charge in [0.2, 0.25) is 15.9 Å². The predicted octanol–water partition coefficient (Wildman–Crippen LogP) is 2.21. The molecule has 1 amide bonds. The zero-order valence-electron chi connectivity index (χ0n) is 18.8. The normalized spacial score (nSPS) is 25.4. The predicted molar refractivity (Wildman–Crippen MR) is 121 cm³/mol. The van der Waals surface area contributed by atoms with E-state index in [1.807, 2.05) is 38.1 Å². The summed E-state index contributed by atoms with van der Waals surface area (Å²) in [6, 6.07) is 11.5. The topological polar surface area (TPSA) is 85.4 Å². The Bertz CT molecular complexity index is 1160. The Balaban J connectivity index is 1.52. The molecule has 9 heteroatoms. The number of carbonyl (C=O) groups is 1. The van der Waals surface area contributed by atoms with Gasteiger partial charge in [-0.2, -0.15) is 4.31 Å². The zero-order chi connectivity index (χ0) is 23.2. The van der Waals surface area contributed by atoms with E-state index >= 15 is 0 Å². The van der Waals surface area contributed by atoms with E-state index in [9.17, 15) is 13.2 Å². The second-order valence-electron chi connectivity index (χ2n) is 8.84. The lowest BCUT2D eigenvalue weighted by molar-refractivity contribution is -0.147. The minimum Gasteiger partial charge on any atom is -0.486 e. The molecular weight excluding hydrogens is 444 g/mol. The van der Waals surface area contributed by atoms with Gasteiger partial charge >= 0.3 is 0 Å². The van der Waals surface area contributed by atoms with E-state index in [-0.39, 0.29) is 29.6 Å². The first-order chi connectivity index (χ1) is 15.8. The van der Waals surface area contributed by atoms with Crippen LogP contribution in [-0.2, 0) is 32.5 Å². The molecule has 0 N–H and O–H groups in total. The van der Waals surface area contributed by atoms with Gasteiger partial charge in [-0.15, -0.1) is 0 Å². The van der Waals surface area contributed by atoms with E-state index < -0.39 is 16.1 Å². The van der Waals surface area contributed by atoms with Gasteiger partial charge < -0.3 is 19.1 Å². The van der Waals surface area contributed by atoms with Crippen LogP contribution in [0, 0.1) is 0 Å². The highest BCUT2D eigenvalue weighted by atomic mass is 32.2. The number of fused-ring (bicyclic) bond motifs is 2. The highest BCUT2D eigenvalue weighted by Crippen LogP contribution is 2.36. The van der Waals surface area contributed by atoms with Crippen molar-refractivity contribution >= 4 is 15.9 Å². The Morgan fingerprint density at radius 2 is 1.61 bits per heavy atom. The van der Waals surface area contributed by atoms with E-state index in [0.29, 0.717) is 44.2 Å². The van der Waals surface area contributed by atoms with Crippen LogP contribution < -0.4 is 9.47 Å². The number of amides is 1. The largest absolute Gasteiger partial charge is 0.486 e. The SMILES string of the molecule is C[C@@H]1CN(C(=O)[C@@H]2Cc3ccccc3CN2S(=O)(=O)c2ccc3c(c2)OCCO3)C[C@@H](C)O1. The van der Waals surface area contributed by atoms with Gasteiger partial charge in [-0.25, -0.2) is 8.42 Å². The molecule has 0 bridgehead atoms. The fraction of sp³-hybridized carbons (Fsp3) is 0.458. The van der Waals surface area contributed by atoms with E-state index in [1.165, 1.54) is 16.4 Å². The Kier molecular flexibility index (Phi) is 5.80. The van der Waals surface area contributed by atoms with Gasteiger partial charge in [-0.1, -0.05) is 24.3 Å². The first-order valence-corrected chi connectivity index (χ1v) is 12.7. The molecule has 3 heterocycles. The molecule has 33 heavy (non-hydrogen) atoms. The molecule has 8 nitrogen and oxygen atoms in total. The third kappa shape index (κ3) is 4.20. The molecule has 0 spiro atoms. The highest BCUT2D eigenvalue weighted by Gasteiger charge is 2.42. The molecule has 176 valence electrons. The summed E-state index contributed by atoms with van der Waals surface area (Å²) in [6.45, 7) is 5.67. The number of hydrogen-bond acceptors (Lipinski definition) is 6. The molecule has 0 aliphatic carbocycles. The summed E-state index contributed by atoms with van der Waals surface area (Å²) in [7, 11) is -3.98. The first kappa shape index (κ1) is 22.2. The fourth-order valence-corrected chi connectivity index (χ4v) is 6.43. The Hall–Kier alpha value is -2.62. The Morgan fingerprint density at radius 1 is 0.939 bits per heavy atom. The van der Waals surface area contributed by atoms with Crippen LogP contribution in [0.3, 0.4) is 0 Å². The van der Waals surface area contributed by atoms with Crippen molar-refractivity contribution in [3.05, 3.63) is 53.6 Å². The average Bonchev–Trinajstić information content (AvgIpc) is 2.81. The molecular formula is C24H28N2O6S. The molecule has 3 aliphatic rings. The number of benzene rings is 2. The van der Waals surface area contributed by atoms with Crippen molar-refractivity contribution < 1.29 is 27.4 Å². The number of morpholine rings is 1. The summed E-state index contributed by atoms with van der Waals surface area (Å²) in [5, 5.41) is 0. The molecule has 0 unspecified atom stereocenters. The van der Waals surface area contributed by atoms with Gasteiger partial charge in [-0.3, -0.25) is 4.79 Å². The molecule has 5 rings (SSSR count). The lowest BCUT2D eigenvalue weighted by atomic mass is 9.95. The Morgan fingerprint density at radius 3 is 2.33 bits per heavy atom. The van der Waals surface area contributed by atoms with Crippen molar-refractivity contribution in [2.75, 3.05) is 26.3 Å². The molecule has 3 aliphatic heterocycles. The number of ether oxygens (including phenoxy) is 3. The summed E-state index contributed by atoms with van der Waals surface area (Å²) in [6.07, 6.45) is 0.131. The third-order valence-electron chi connectivity index (χ3n) is 6.34. The van der Waals surface area contributed by atoms with Crippen LogP contribution >= 0.6 is 0 Å². The van der Waals surface area contributed by atoms with Crippen LogP contribution in [-0.4, -0.2) is 68.1 Å². The van der Waals surface area contributed by atoms with Gasteiger partial charge in [0, 0.05) is 25.7 Å². The van der Waals surface area contributed by atoms with Crippen molar-refractivity contribution in [1.82, 2.24) is 9.21 Å². The van der Waals surface area contributed by atoms with Gasteiger partial charge in [0.15, 0.2) is 11.5 Å². The number of carbonyl (C=O) groups excluding carboxylic acids is 1. The smallest absolute Gasteiger partial charge is 0.244 e. The molecule has 0 aromatic heterocycles. The highest BCUT2D eigenvalue weighted by molar-refractivity contribution is 7.89. The molecule has 0 radical (unpaired) electrons. The van der Waals surface area contributed by atoms with Crippen molar-refractivity contribution in [3.63, 3.8) is 0 Å². The van der Waals surface area contributed by atoms with Crippen LogP contribution in [0.1, 0.15) is 25.0 Å². The standard InChI is InChI=1S/C24H28N2O6S/c1-16-13-25(14-17(2)32-16)24(27)21-11-18-5-3-4-6-19(18)15-26(21)33(28,29)20-7-8-22-23(12-20)31-10-9-30-22/h3-8,12,16-17,21H,9-11,13-15H2,1-2H3/t16-,17-,21+/m1/s1. The zero-order valence-corrected chi connectivity index (χ0v) is 19.6. The first-order valence-electron chi connectivity index (χ1n) is 11.3. The second kappa shape index (κ2) is 8.62. The number of hydrogen-bond donors (Lipinski definition) is 0. The second-order valence-corrected chi connectivity index (χ2v) is 10.7. The molecule has 0 saturated carbocycles. The minimum atomic E-state index is -3.98. The maximum absolute atomic E-state index is 13.8. The van der Waals surface area contributed by atoms with Gasteiger partial charge in [0.1, 0.15) is 19.3 Å². The van der Waals surface area contributed by atoms with Crippen LogP contribution in [0.15, 0.2) is 47.4 Å². The van der Waals surface area contributed by atoms with Crippen LogP contribution in [0.5, 0.6) is 11.5 Å². The lowest BCUT2D eigenvalue weighted by Gasteiger charge is -2.41. The molecule has 2 aromatic rings. The van der Waals surface area contributed by atoms with Gasteiger partial charge in [0.25, 0.3) is 0 Å². The minimum absolute atomic E-state index is 0.0904. The lowest BCUT2D eigenvalue weighted by Crippen LogP contribution is -2.57. The average molecular weight is 473 g/mol. The molecule has 2 aromatic carbocycles. The van der Waals surface area contributed by atoms with Crippen molar-refractivity contribution in [2.45, 2.75) is 50.0 Å². The Labute approximate surface area is 194 Å². The molecule has 1 fully saturated rings. The monoisotopic (exact) mass is 472 g/mol. The van der Waals surface area contributed by atoms with Crippen molar-refractivity contribution in [1.29, 1.82) is 0 Å². The van der Waals surface area contributed by atoms with E-state index in [0.717, 1.165) is 11.1 Å². The number of sulfonamides is 1. The fourth-order valence-electron chi connectivity index (χ4n) is 4.85. The van der Waals surface area contributed by atoms with Crippen molar-refractivity contribution in [2.24, 2.45) is 0 Å². The number of nitrogens with zero attached hydrogens (tertiary/aromatic N) is 2. The summed E-state index contributed by atoms with van der Waals surface area (Å²) >= 11 is 0. The summed E-state index contributed by atoms with van der Waals surface area (Å²) in [5.41, 5.74) is 1.91. The van der Waals surface area contributed by atoms with E-state index in [2.05, 4.69) is 0 Å². The van der Waals surface area contributed by atoms with Crippen LogP contribution in [0.4, 0.5) is 0 Å². The van der Waals surface area contributed by atoms with E-state index in [4.69, 9.17) is 14.2 Å². The maximum Gasteiger partial charge on any atom is 0.244 e. The van der Waals surface area contributed by atoms with Gasteiger partial charge in [-0.05, 0) is 43.5 Å². The molecule has 3 atom stereocenters. The number of rotatable bonds is 3. The summed E-state index contributed by atoms with van der Waals surface area (Å²) in [4.78, 5) is 15.5. The molecule has 1 saturated heterocycles. The maximum atomic E-state index is 13.8.